The summed E-state index contributed by atoms with van der Waals surface area (Å²) in [7, 11) is 0. The van der Waals surface area contributed by atoms with Crippen LogP contribution in [0.2, 0.25) is 0 Å². The van der Waals surface area contributed by atoms with Crippen molar-refractivity contribution in [3.05, 3.63) is 30.2 Å². The number of fused-ring (bicyclic) bond motifs is 1. The van der Waals surface area contributed by atoms with E-state index in [0.717, 1.165) is 24.2 Å². The van der Waals surface area contributed by atoms with Gasteiger partial charge >= 0.3 is 12.0 Å². The lowest BCUT2D eigenvalue weighted by molar-refractivity contribution is -0.141. The molecule has 25 heavy (non-hydrogen) atoms. The zero-order valence-corrected chi connectivity index (χ0v) is 14.2. The molecule has 0 atom stereocenters. The van der Waals surface area contributed by atoms with Gasteiger partial charge in [-0.15, -0.1) is 0 Å². The van der Waals surface area contributed by atoms with Crippen LogP contribution in [0.25, 0.3) is 11.1 Å². The Labute approximate surface area is 145 Å². The standard InChI is InChI=1S/C17H22N4O4/c1-2-24-16(22)11-18-17(23)21-9-7-20(8-10-21)12-15-19-13-5-3-4-6-14(13)25-15/h3-6H,2,7-12H2,1H3,(H,18,23). The van der Waals surface area contributed by atoms with E-state index in [9.17, 15) is 9.59 Å². The SMILES string of the molecule is CCOC(=O)CNC(=O)N1CCN(Cc2nc3ccccc3o2)CC1. The van der Waals surface area contributed by atoms with Crippen LogP contribution in [0.15, 0.2) is 28.7 Å². The molecule has 0 bridgehead atoms. The molecule has 1 aliphatic rings. The Balaban J connectivity index is 1.45. The molecule has 134 valence electrons. The molecule has 2 aromatic rings. The van der Waals surface area contributed by atoms with E-state index in [1.165, 1.54) is 0 Å². The van der Waals surface area contributed by atoms with Crippen LogP contribution in [-0.2, 0) is 16.1 Å². The number of amides is 2. The number of ether oxygens (including phenoxy) is 1. The van der Waals surface area contributed by atoms with Crippen LogP contribution in [-0.4, -0.2) is 66.1 Å². The lowest BCUT2D eigenvalue weighted by Gasteiger charge is -2.33. The molecule has 2 heterocycles. The summed E-state index contributed by atoms with van der Waals surface area (Å²) in [4.78, 5) is 31.7. The number of urea groups is 1. The molecule has 8 heteroatoms. The Kier molecular flexibility index (Phi) is 5.49. The smallest absolute Gasteiger partial charge is 0.325 e. The van der Waals surface area contributed by atoms with E-state index >= 15 is 0 Å². The highest BCUT2D eigenvalue weighted by atomic mass is 16.5. The number of carbonyl (C=O) groups excluding carboxylic acids is 2. The van der Waals surface area contributed by atoms with Crippen LogP contribution >= 0.6 is 0 Å². The first-order valence-corrected chi connectivity index (χ1v) is 8.41. The number of piperazine rings is 1. The second-order valence-corrected chi connectivity index (χ2v) is 5.80. The molecule has 1 aromatic heterocycles. The summed E-state index contributed by atoms with van der Waals surface area (Å²) in [6.07, 6.45) is 0. The molecular formula is C17H22N4O4. The van der Waals surface area contributed by atoms with E-state index in [-0.39, 0.29) is 12.6 Å². The summed E-state index contributed by atoms with van der Waals surface area (Å²) in [5, 5.41) is 2.58. The third kappa shape index (κ3) is 4.48. The summed E-state index contributed by atoms with van der Waals surface area (Å²) in [5.74, 6) is 0.256. The van der Waals surface area contributed by atoms with Crippen molar-refractivity contribution in [1.29, 1.82) is 0 Å². The molecule has 0 saturated carbocycles. The summed E-state index contributed by atoms with van der Waals surface area (Å²) < 4.78 is 10.5. The molecule has 0 aliphatic carbocycles. The first-order chi connectivity index (χ1) is 12.2. The maximum absolute atomic E-state index is 12.0. The maximum atomic E-state index is 12.0. The first-order valence-electron chi connectivity index (χ1n) is 8.41. The number of nitrogens with one attached hydrogen (secondary N) is 1. The maximum Gasteiger partial charge on any atom is 0.325 e. The molecule has 1 aliphatic heterocycles. The number of nitrogens with zero attached hydrogens (tertiary/aromatic N) is 3. The number of carbonyl (C=O) groups is 2. The van der Waals surface area contributed by atoms with Gasteiger partial charge < -0.3 is 19.4 Å². The normalized spacial score (nSPS) is 15.3. The second-order valence-electron chi connectivity index (χ2n) is 5.80. The molecule has 1 aromatic carbocycles. The molecule has 0 spiro atoms. The highest BCUT2D eigenvalue weighted by Crippen LogP contribution is 2.16. The van der Waals surface area contributed by atoms with Gasteiger partial charge in [-0.25, -0.2) is 9.78 Å². The Morgan fingerprint density at radius 3 is 2.72 bits per heavy atom. The van der Waals surface area contributed by atoms with Crippen molar-refractivity contribution in [1.82, 2.24) is 20.1 Å². The molecule has 0 radical (unpaired) electrons. The number of aromatic nitrogens is 1. The van der Waals surface area contributed by atoms with Crippen molar-refractivity contribution in [3.63, 3.8) is 0 Å². The lowest BCUT2D eigenvalue weighted by Crippen LogP contribution is -2.52. The minimum absolute atomic E-state index is 0.101. The fraction of sp³-hybridized carbons (Fsp3) is 0.471. The summed E-state index contributed by atoms with van der Waals surface area (Å²) in [5.41, 5.74) is 1.64. The molecule has 1 N–H and O–H groups in total. The van der Waals surface area contributed by atoms with E-state index in [4.69, 9.17) is 9.15 Å². The van der Waals surface area contributed by atoms with Gasteiger partial charge in [0.15, 0.2) is 5.58 Å². The van der Waals surface area contributed by atoms with E-state index in [1.54, 1.807) is 11.8 Å². The number of benzene rings is 1. The van der Waals surface area contributed by atoms with E-state index in [1.807, 2.05) is 24.3 Å². The average molecular weight is 346 g/mol. The third-order valence-electron chi connectivity index (χ3n) is 4.05. The Morgan fingerprint density at radius 1 is 1.24 bits per heavy atom. The number of hydrogen-bond acceptors (Lipinski definition) is 6. The predicted octanol–water partition coefficient (Wildman–Crippen LogP) is 1.22. The van der Waals surface area contributed by atoms with E-state index in [0.29, 0.717) is 32.1 Å². The topological polar surface area (TPSA) is 87.9 Å². The fourth-order valence-electron chi connectivity index (χ4n) is 2.76. The van der Waals surface area contributed by atoms with Gasteiger partial charge in [0.1, 0.15) is 12.1 Å². The first kappa shape index (κ1) is 17.2. The van der Waals surface area contributed by atoms with Crippen molar-refractivity contribution in [2.75, 3.05) is 39.3 Å². The quantitative estimate of drug-likeness (QED) is 0.819. The highest BCUT2D eigenvalue weighted by molar-refractivity contribution is 5.80. The van der Waals surface area contributed by atoms with Crippen molar-refractivity contribution in [3.8, 4) is 0 Å². The minimum Gasteiger partial charge on any atom is -0.465 e. The van der Waals surface area contributed by atoms with Crippen LogP contribution < -0.4 is 5.32 Å². The number of esters is 1. The van der Waals surface area contributed by atoms with Crippen LogP contribution in [0.1, 0.15) is 12.8 Å². The molecule has 8 nitrogen and oxygen atoms in total. The fourth-order valence-corrected chi connectivity index (χ4v) is 2.76. The Bertz CT molecular complexity index is 704. The summed E-state index contributed by atoms with van der Waals surface area (Å²) >= 11 is 0. The molecule has 3 rings (SSSR count). The zero-order valence-electron chi connectivity index (χ0n) is 14.2. The average Bonchev–Trinajstić information content (AvgIpc) is 3.03. The number of para-hydroxylation sites is 2. The van der Waals surface area contributed by atoms with Gasteiger partial charge in [0.25, 0.3) is 0 Å². The Hall–Kier alpha value is -2.61. The molecule has 1 fully saturated rings. The predicted molar refractivity (Wildman–Crippen MR) is 90.9 cm³/mol. The van der Waals surface area contributed by atoms with Crippen molar-refractivity contribution >= 4 is 23.1 Å². The number of rotatable bonds is 5. The largest absolute Gasteiger partial charge is 0.465 e. The minimum atomic E-state index is -0.426. The molecule has 0 unspecified atom stereocenters. The summed E-state index contributed by atoms with van der Waals surface area (Å²) in [6, 6.07) is 7.44. The van der Waals surface area contributed by atoms with Gasteiger partial charge in [0.2, 0.25) is 5.89 Å². The van der Waals surface area contributed by atoms with Gasteiger partial charge in [0.05, 0.1) is 13.2 Å². The second kappa shape index (κ2) is 7.98. The van der Waals surface area contributed by atoms with Crippen molar-refractivity contribution in [2.24, 2.45) is 0 Å². The van der Waals surface area contributed by atoms with E-state index in [2.05, 4.69) is 15.2 Å². The van der Waals surface area contributed by atoms with Crippen LogP contribution in [0.4, 0.5) is 4.79 Å². The molecule has 1 saturated heterocycles. The van der Waals surface area contributed by atoms with Gasteiger partial charge in [-0.3, -0.25) is 9.69 Å². The van der Waals surface area contributed by atoms with Crippen LogP contribution in [0.3, 0.4) is 0 Å². The highest BCUT2D eigenvalue weighted by Gasteiger charge is 2.22. The van der Waals surface area contributed by atoms with E-state index < -0.39 is 5.97 Å². The van der Waals surface area contributed by atoms with Gasteiger partial charge in [0, 0.05) is 26.2 Å². The molecular weight excluding hydrogens is 324 g/mol. The number of hydrogen-bond donors (Lipinski definition) is 1. The molecule has 2 amide bonds. The van der Waals surface area contributed by atoms with Crippen molar-refractivity contribution < 1.29 is 18.7 Å². The summed E-state index contributed by atoms with van der Waals surface area (Å²) in [6.45, 7) is 5.20. The van der Waals surface area contributed by atoms with Gasteiger partial charge in [-0.2, -0.15) is 0 Å². The third-order valence-corrected chi connectivity index (χ3v) is 4.05. The van der Waals surface area contributed by atoms with Crippen molar-refractivity contribution in [2.45, 2.75) is 13.5 Å². The van der Waals surface area contributed by atoms with Gasteiger partial charge in [-0.05, 0) is 19.1 Å². The lowest BCUT2D eigenvalue weighted by atomic mass is 10.3. The Morgan fingerprint density at radius 2 is 2.00 bits per heavy atom. The van der Waals surface area contributed by atoms with Crippen LogP contribution in [0.5, 0.6) is 0 Å². The zero-order chi connectivity index (χ0) is 17.6. The number of oxazole rings is 1. The monoisotopic (exact) mass is 346 g/mol. The van der Waals surface area contributed by atoms with Crippen LogP contribution in [0, 0.1) is 0 Å². The van der Waals surface area contributed by atoms with Gasteiger partial charge in [-0.1, -0.05) is 12.1 Å².